The summed E-state index contributed by atoms with van der Waals surface area (Å²) in [5.41, 5.74) is 0. The van der Waals surface area contributed by atoms with E-state index in [1.807, 2.05) is 0 Å². The summed E-state index contributed by atoms with van der Waals surface area (Å²) in [4.78, 5) is 24.5. The van der Waals surface area contributed by atoms with Crippen LogP contribution in [0.3, 0.4) is 0 Å². The highest BCUT2D eigenvalue weighted by Crippen LogP contribution is 2.36. The van der Waals surface area contributed by atoms with Crippen molar-refractivity contribution in [2.75, 3.05) is 19.8 Å². The van der Waals surface area contributed by atoms with Gasteiger partial charge in [0.15, 0.2) is 17.7 Å². The summed E-state index contributed by atoms with van der Waals surface area (Å²) in [5, 5.41) is 9.11. The molecule has 0 radical (unpaired) electrons. The number of carboxylic acid groups (broad SMARTS) is 1. The Morgan fingerprint density at radius 1 is 1.12 bits per heavy atom. The molecule has 0 aliphatic carbocycles. The Labute approximate surface area is 139 Å². The maximum absolute atomic E-state index is 12.2. The quantitative estimate of drug-likeness (QED) is 0.788. The first kappa shape index (κ1) is 17.4. The molecule has 0 unspecified atom stereocenters. The van der Waals surface area contributed by atoms with Crippen LogP contribution in [0.4, 0.5) is 4.79 Å². The first-order chi connectivity index (χ1) is 11.1. The second kappa shape index (κ2) is 5.83. The van der Waals surface area contributed by atoms with Gasteiger partial charge in [-0.3, -0.25) is 9.69 Å². The third-order valence-electron chi connectivity index (χ3n) is 4.28. The van der Waals surface area contributed by atoms with E-state index in [9.17, 15) is 9.59 Å². The minimum Gasteiger partial charge on any atom is -0.480 e. The summed E-state index contributed by atoms with van der Waals surface area (Å²) in [6, 6.07) is -0.627. The van der Waals surface area contributed by atoms with Crippen molar-refractivity contribution in [3.63, 3.8) is 0 Å². The number of hydrogen-bond donors (Lipinski definition) is 1. The van der Waals surface area contributed by atoms with Crippen LogP contribution in [0.1, 0.15) is 27.7 Å². The van der Waals surface area contributed by atoms with Crippen LogP contribution >= 0.6 is 0 Å². The maximum atomic E-state index is 12.2. The molecule has 24 heavy (non-hydrogen) atoms. The van der Waals surface area contributed by atoms with Crippen LogP contribution in [0.15, 0.2) is 0 Å². The monoisotopic (exact) mass is 345 g/mol. The number of ether oxygens (including phenoxy) is 5. The normalized spacial score (nSPS) is 37.7. The van der Waals surface area contributed by atoms with Gasteiger partial charge in [0, 0.05) is 0 Å². The van der Waals surface area contributed by atoms with E-state index in [4.69, 9.17) is 28.8 Å². The molecule has 0 aromatic rings. The number of cyclic esters (lactones) is 1. The van der Waals surface area contributed by atoms with Crippen LogP contribution in [0.25, 0.3) is 0 Å². The van der Waals surface area contributed by atoms with Crippen LogP contribution in [-0.4, -0.2) is 77.8 Å². The zero-order chi connectivity index (χ0) is 17.7. The Morgan fingerprint density at radius 3 is 2.12 bits per heavy atom. The molecule has 9 heteroatoms. The Kier molecular flexibility index (Phi) is 4.23. The largest absolute Gasteiger partial charge is 0.480 e. The van der Waals surface area contributed by atoms with E-state index in [0.29, 0.717) is 0 Å². The van der Waals surface area contributed by atoms with Crippen molar-refractivity contribution in [2.45, 2.75) is 63.6 Å². The molecule has 3 aliphatic rings. The van der Waals surface area contributed by atoms with E-state index in [0.717, 1.165) is 4.90 Å². The lowest BCUT2D eigenvalue weighted by Crippen LogP contribution is -2.52. The number of carbonyl (C=O) groups excluding carboxylic acids is 1. The molecule has 0 saturated carbocycles. The summed E-state index contributed by atoms with van der Waals surface area (Å²) in [6.45, 7) is 7.07. The zero-order valence-corrected chi connectivity index (χ0v) is 14.2. The Bertz CT molecular complexity index is 534. The Morgan fingerprint density at radius 2 is 1.67 bits per heavy atom. The fourth-order valence-corrected chi connectivity index (χ4v) is 3.34. The van der Waals surface area contributed by atoms with Crippen molar-refractivity contribution in [1.29, 1.82) is 0 Å². The number of rotatable bonds is 4. The summed E-state index contributed by atoms with van der Waals surface area (Å²) in [6.07, 6.45) is -2.40. The van der Waals surface area contributed by atoms with Crippen LogP contribution in [0, 0.1) is 0 Å². The van der Waals surface area contributed by atoms with Gasteiger partial charge >= 0.3 is 12.1 Å². The van der Waals surface area contributed by atoms with Gasteiger partial charge in [0.1, 0.15) is 24.8 Å². The van der Waals surface area contributed by atoms with Crippen LogP contribution in [0.2, 0.25) is 0 Å². The lowest BCUT2D eigenvalue weighted by Gasteiger charge is -2.30. The molecule has 3 saturated heterocycles. The third kappa shape index (κ3) is 3.34. The smallest absolute Gasteiger partial charge is 0.411 e. The van der Waals surface area contributed by atoms with E-state index in [-0.39, 0.29) is 13.2 Å². The number of aliphatic carboxylic acids is 1. The molecular weight excluding hydrogens is 322 g/mol. The molecule has 0 bridgehead atoms. The summed E-state index contributed by atoms with van der Waals surface area (Å²) >= 11 is 0. The SMILES string of the molecule is CC1(C)OC[C@H]([C@H]2OC(=O)N(CC(=O)O)[C@@H]2[C@H]2COC(C)(C)O2)O1. The molecule has 3 heterocycles. The highest BCUT2D eigenvalue weighted by molar-refractivity contribution is 5.78. The molecule has 9 nitrogen and oxygen atoms in total. The molecule has 0 spiro atoms. The van der Waals surface area contributed by atoms with Crippen LogP contribution < -0.4 is 0 Å². The number of nitrogens with zero attached hydrogens (tertiary/aromatic N) is 1. The number of hydrogen-bond acceptors (Lipinski definition) is 7. The fourth-order valence-electron chi connectivity index (χ4n) is 3.34. The van der Waals surface area contributed by atoms with E-state index >= 15 is 0 Å². The van der Waals surface area contributed by atoms with Crippen LogP contribution in [-0.2, 0) is 28.5 Å². The molecule has 1 N–H and O–H groups in total. The highest BCUT2D eigenvalue weighted by atomic mass is 16.8. The van der Waals surface area contributed by atoms with E-state index in [1.165, 1.54) is 0 Å². The minimum atomic E-state index is -1.13. The predicted octanol–water partition coefficient (Wildman–Crippen LogP) is 0.563. The zero-order valence-electron chi connectivity index (χ0n) is 14.2. The Hall–Kier alpha value is -1.42. The van der Waals surface area contributed by atoms with Crippen molar-refractivity contribution in [2.24, 2.45) is 0 Å². The van der Waals surface area contributed by atoms with Crippen LogP contribution in [0.5, 0.6) is 0 Å². The maximum Gasteiger partial charge on any atom is 0.411 e. The van der Waals surface area contributed by atoms with Gasteiger partial charge in [-0.1, -0.05) is 0 Å². The summed E-state index contributed by atoms with van der Waals surface area (Å²) in [5.74, 6) is -2.71. The highest BCUT2D eigenvalue weighted by Gasteiger charge is 2.56. The Balaban J connectivity index is 1.84. The second-order valence-corrected chi connectivity index (χ2v) is 7.09. The molecule has 0 aromatic carbocycles. The second-order valence-electron chi connectivity index (χ2n) is 7.09. The lowest BCUT2D eigenvalue weighted by atomic mass is 10.00. The first-order valence-corrected chi connectivity index (χ1v) is 7.91. The van der Waals surface area contributed by atoms with Gasteiger partial charge in [0.25, 0.3) is 0 Å². The van der Waals surface area contributed by atoms with Gasteiger partial charge in [0.05, 0.1) is 13.2 Å². The molecule has 3 fully saturated rings. The van der Waals surface area contributed by atoms with E-state index in [2.05, 4.69) is 0 Å². The van der Waals surface area contributed by atoms with Crippen molar-refractivity contribution in [1.82, 2.24) is 4.90 Å². The summed E-state index contributed by atoms with van der Waals surface area (Å²) < 4.78 is 28.2. The predicted molar refractivity (Wildman–Crippen MR) is 78.2 cm³/mol. The van der Waals surface area contributed by atoms with Crippen molar-refractivity contribution < 1.29 is 38.4 Å². The van der Waals surface area contributed by atoms with E-state index in [1.54, 1.807) is 27.7 Å². The fraction of sp³-hybridized carbons (Fsp3) is 0.867. The van der Waals surface area contributed by atoms with E-state index < -0.39 is 54.5 Å². The van der Waals surface area contributed by atoms with Gasteiger partial charge in [0.2, 0.25) is 0 Å². The molecule has 3 aliphatic heterocycles. The van der Waals surface area contributed by atoms with Gasteiger partial charge in [-0.25, -0.2) is 4.79 Å². The van der Waals surface area contributed by atoms with Gasteiger partial charge in [-0.15, -0.1) is 0 Å². The number of carbonyl (C=O) groups is 2. The number of carboxylic acids is 1. The molecule has 4 atom stereocenters. The summed E-state index contributed by atoms with van der Waals surface area (Å²) in [7, 11) is 0. The average molecular weight is 345 g/mol. The van der Waals surface area contributed by atoms with Crippen molar-refractivity contribution in [3.8, 4) is 0 Å². The molecule has 0 aromatic heterocycles. The molecule has 3 rings (SSSR count). The lowest BCUT2D eigenvalue weighted by molar-refractivity contribution is -0.162. The molecule has 136 valence electrons. The van der Waals surface area contributed by atoms with Crippen molar-refractivity contribution in [3.05, 3.63) is 0 Å². The van der Waals surface area contributed by atoms with Gasteiger partial charge in [-0.05, 0) is 27.7 Å². The molecular formula is C15H23NO8. The minimum absolute atomic E-state index is 0.234. The topological polar surface area (TPSA) is 104 Å². The van der Waals surface area contributed by atoms with Crippen molar-refractivity contribution >= 4 is 12.1 Å². The van der Waals surface area contributed by atoms with Gasteiger partial charge in [-0.2, -0.15) is 0 Å². The first-order valence-electron chi connectivity index (χ1n) is 7.91. The average Bonchev–Trinajstić information content (AvgIpc) is 3.06. The third-order valence-corrected chi connectivity index (χ3v) is 4.28. The molecule has 1 amide bonds. The van der Waals surface area contributed by atoms with Gasteiger partial charge < -0.3 is 28.8 Å². The number of amides is 1. The standard InChI is InChI=1S/C15H23NO8/c1-14(2)20-6-8(23-14)11-12(9-7-21-15(3,4)24-9)22-13(19)16(11)5-10(17)18/h8-9,11-12H,5-7H2,1-4H3,(H,17,18)/t8-,9-,11-,12-/m1/s1.